The number of nitrogens with zero attached hydrogens (tertiary/aromatic N) is 2. The summed E-state index contributed by atoms with van der Waals surface area (Å²) in [5.74, 6) is -0.590. The van der Waals surface area contributed by atoms with Crippen molar-refractivity contribution in [1.29, 1.82) is 0 Å². The van der Waals surface area contributed by atoms with Crippen molar-refractivity contribution < 1.29 is 9.72 Å². The standard InChI is InChI=1S/C9H9N3O3/c1-6-8(12(14)15)4-2-7(11-6)3-5-9(10)13/h2-5H,1H3,(H2,10,13). The van der Waals surface area contributed by atoms with Crippen LogP contribution in [0.15, 0.2) is 18.2 Å². The van der Waals surface area contributed by atoms with Crippen molar-refractivity contribution in [2.45, 2.75) is 6.92 Å². The highest BCUT2D eigenvalue weighted by molar-refractivity contribution is 5.89. The van der Waals surface area contributed by atoms with Crippen molar-refractivity contribution in [3.05, 3.63) is 39.7 Å². The van der Waals surface area contributed by atoms with Crippen molar-refractivity contribution in [2.24, 2.45) is 5.73 Å². The molecule has 0 fully saturated rings. The van der Waals surface area contributed by atoms with Crippen molar-refractivity contribution in [2.75, 3.05) is 0 Å². The van der Waals surface area contributed by atoms with Crippen LogP contribution in [0.5, 0.6) is 0 Å². The predicted molar refractivity (Wildman–Crippen MR) is 53.9 cm³/mol. The van der Waals surface area contributed by atoms with Gasteiger partial charge >= 0.3 is 0 Å². The molecule has 1 aromatic rings. The summed E-state index contributed by atoms with van der Waals surface area (Å²) in [7, 11) is 0. The van der Waals surface area contributed by atoms with E-state index in [2.05, 4.69) is 4.98 Å². The summed E-state index contributed by atoms with van der Waals surface area (Å²) < 4.78 is 0. The Bertz CT molecular complexity index is 440. The van der Waals surface area contributed by atoms with Crippen LogP contribution in [0, 0.1) is 17.0 Å². The molecule has 78 valence electrons. The molecule has 0 aliphatic heterocycles. The molecule has 15 heavy (non-hydrogen) atoms. The zero-order valence-electron chi connectivity index (χ0n) is 8.01. The molecule has 0 saturated heterocycles. The van der Waals surface area contributed by atoms with Crippen LogP contribution in [0.2, 0.25) is 0 Å². The van der Waals surface area contributed by atoms with Gasteiger partial charge in [0.05, 0.1) is 10.6 Å². The van der Waals surface area contributed by atoms with Crippen molar-refractivity contribution in [1.82, 2.24) is 4.98 Å². The summed E-state index contributed by atoms with van der Waals surface area (Å²) >= 11 is 0. The number of pyridine rings is 1. The number of aryl methyl sites for hydroxylation is 1. The lowest BCUT2D eigenvalue weighted by molar-refractivity contribution is -0.385. The zero-order chi connectivity index (χ0) is 11.4. The summed E-state index contributed by atoms with van der Waals surface area (Å²) in [5, 5.41) is 10.5. The lowest BCUT2D eigenvalue weighted by Gasteiger charge is -1.97. The third kappa shape index (κ3) is 2.87. The summed E-state index contributed by atoms with van der Waals surface area (Å²) in [5.41, 5.74) is 5.60. The number of carbonyl (C=O) groups is 1. The molecular formula is C9H9N3O3. The molecule has 0 atom stereocenters. The first-order chi connectivity index (χ1) is 7.00. The molecule has 0 saturated carbocycles. The molecule has 0 radical (unpaired) electrons. The van der Waals surface area contributed by atoms with E-state index >= 15 is 0 Å². The van der Waals surface area contributed by atoms with Gasteiger partial charge in [-0.25, -0.2) is 4.98 Å². The molecule has 0 spiro atoms. The van der Waals surface area contributed by atoms with Gasteiger partial charge in [0.2, 0.25) is 5.91 Å². The van der Waals surface area contributed by atoms with Crippen LogP contribution in [0.4, 0.5) is 5.69 Å². The topological polar surface area (TPSA) is 99.1 Å². The van der Waals surface area contributed by atoms with Gasteiger partial charge in [-0.3, -0.25) is 14.9 Å². The molecule has 2 N–H and O–H groups in total. The first-order valence-electron chi connectivity index (χ1n) is 4.10. The van der Waals surface area contributed by atoms with E-state index in [4.69, 9.17) is 5.73 Å². The molecule has 0 aliphatic rings. The molecule has 0 unspecified atom stereocenters. The Kier molecular flexibility index (Phi) is 3.12. The lowest BCUT2D eigenvalue weighted by atomic mass is 10.2. The van der Waals surface area contributed by atoms with Crippen LogP contribution >= 0.6 is 0 Å². The van der Waals surface area contributed by atoms with Crippen LogP contribution in [0.1, 0.15) is 11.4 Å². The summed E-state index contributed by atoms with van der Waals surface area (Å²) in [4.78, 5) is 24.3. The summed E-state index contributed by atoms with van der Waals surface area (Å²) in [6.07, 6.45) is 2.55. The van der Waals surface area contributed by atoms with E-state index < -0.39 is 10.8 Å². The highest BCUT2D eigenvalue weighted by Gasteiger charge is 2.10. The zero-order valence-corrected chi connectivity index (χ0v) is 8.01. The Labute approximate surface area is 85.6 Å². The number of hydrogen-bond donors (Lipinski definition) is 1. The summed E-state index contributed by atoms with van der Waals surface area (Å²) in [6, 6.07) is 2.79. The molecule has 6 heteroatoms. The van der Waals surface area contributed by atoms with Gasteiger partial charge in [-0.2, -0.15) is 0 Å². The number of rotatable bonds is 3. The van der Waals surface area contributed by atoms with E-state index in [0.717, 1.165) is 6.08 Å². The third-order valence-electron chi connectivity index (χ3n) is 1.69. The van der Waals surface area contributed by atoms with Gasteiger partial charge in [0.15, 0.2) is 0 Å². The molecule has 1 amide bonds. The smallest absolute Gasteiger partial charge is 0.290 e. The van der Waals surface area contributed by atoms with Crippen LogP contribution in [-0.4, -0.2) is 15.8 Å². The molecule has 0 aliphatic carbocycles. The Morgan fingerprint density at radius 2 is 2.27 bits per heavy atom. The third-order valence-corrected chi connectivity index (χ3v) is 1.69. The van der Waals surface area contributed by atoms with Gasteiger partial charge in [-0.05, 0) is 19.1 Å². The van der Waals surface area contributed by atoms with Crippen LogP contribution < -0.4 is 5.73 Å². The molecule has 1 aromatic heterocycles. The maximum atomic E-state index is 10.5. The van der Waals surface area contributed by atoms with E-state index in [1.807, 2.05) is 0 Å². The molecule has 6 nitrogen and oxygen atoms in total. The minimum atomic E-state index is -0.590. The van der Waals surface area contributed by atoms with E-state index in [-0.39, 0.29) is 5.69 Å². The minimum Gasteiger partial charge on any atom is -0.366 e. The molecule has 1 rings (SSSR count). The number of aromatic nitrogens is 1. The normalized spacial score (nSPS) is 10.5. The number of nitro groups is 1. The predicted octanol–water partition coefficient (Wildman–Crippen LogP) is 0.797. The quantitative estimate of drug-likeness (QED) is 0.450. The summed E-state index contributed by atoms with van der Waals surface area (Å²) in [6.45, 7) is 1.53. The number of amides is 1. The molecule has 0 bridgehead atoms. The fourth-order valence-corrected chi connectivity index (χ4v) is 1.03. The molecular weight excluding hydrogens is 198 g/mol. The second kappa shape index (κ2) is 4.32. The second-order valence-corrected chi connectivity index (χ2v) is 2.83. The Morgan fingerprint density at radius 3 is 2.73 bits per heavy atom. The van der Waals surface area contributed by atoms with E-state index in [9.17, 15) is 14.9 Å². The van der Waals surface area contributed by atoms with E-state index in [1.165, 1.54) is 25.1 Å². The van der Waals surface area contributed by atoms with E-state index in [0.29, 0.717) is 11.4 Å². The number of primary amides is 1. The maximum absolute atomic E-state index is 10.5. The van der Waals surface area contributed by atoms with Crippen LogP contribution in [0.3, 0.4) is 0 Å². The highest BCUT2D eigenvalue weighted by Crippen LogP contribution is 2.15. The largest absolute Gasteiger partial charge is 0.366 e. The first kappa shape index (κ1) is 10.8. The second-order valence-electron chi connectivity index (χ2n) is 2.83. The van der Waals surface area contributed by atoms with Crippen LogP contribution in [-0.2, 0) is 4.79 Å². The number of nitrogens with two attached hydrogens (primary N) is 1. The van der Waals surface area contributed by atoms with Crippen molar-refractivity contribution in [3.63, 3.8) is 0 Å². The SMILES string of the molecule is Cc1nc(C=CC(N)=O)ccc1[N+](=O)[O-]. The van der Waals surface area contributed by atoms with Gasteiger partial charge in [-0.15, -0.1) is 0 Å². The maximum Gasteiger partial charge on any atom is 0.290 e. The van der Waals surface area contributed by atoms with Gasteiger partial charge in [-0.1, -0.05) is 0 Å². The highest BCUT2D eigenvalue weighted by atomic mass is 16.6. The minimum absolute atomic E-state index is 0.0498. The van der Waals surface area contributed by atoms with Gasteiger partial charge in [0.25, 0.3) is 5.69 Å². The van der Waals surface area contributed by atoms with Gasteiger partial charge in [0.1, 0.15) is 5.69 Å². The Hall–Kier alpha value is -2.24. The number of carbonyl (C=O) groups excluding carboxylic acids is 1. The Morgan fingerprint density at radius 1 is 1.60 bits per heavy atom. The fraction of sp³-hybridized carbons (Fsp3) is 0.111. The first-order valence-corrected chi connectivity index (χ1v) is 4.10. The number of hydrogen-bond acceptors (Lipinski definition) is 4. The fourth-order valence-electron chi connectivity index (χ4n) is 1.03. The van der Waals surface area contributed by atoms with E-state index in [1.54, 1.807) is 0 Å². The molecule has 0 aromatic carbocycles. The van der Waals surface area contributed by atoms with Gasteiger partial charge < -0.3 is 5.73 Å². The van der Waals surface area contributed by atoms with Crippen molar-refractivity contribution >= 4 is 17.7 Å². The average molecular weight is 207 g/mol. The monoisotopic (exact) mass is 207 g/mol. The van der Waals surface area contributed by atoms with Gasteiger partial charge in [0, 0.05) is 12.1 Å². The molecule has 1 heterocycles. The lowest BCUT2D eigenvalue weighted by Crippen LogP contribution is -2.05. The average Bonchev–Trinajstić information content (AvgIpc) is 2.14. The Balaban J connectivity index is 3.01. The van der Waals surface area contributed by atoms with Crippen molar-refractivity contribution in [3.8, 4) is 0 Å². The van der Waals surface area contributed by atoms with Crippen LogP contribution in [0.25, 0.3) is 6.08 Å².